The average molecular weight is 420 g/mol. The molecule has 25 heavy (non-hydrogen) atoms. The number of halogens is 1. The van der Waals surface area contributed by atoms with Crippen molar-refractivity contribution in [1.29, 1.82) is 0 Å². The Morgan fingerprint density at radius 2 is 2.24 bits per heavy atom. The maximum absolute atomic E-state index is 11.9. The van der Waals surface area contributed by atoms with E-state index < -0.39 is 0 Å². The van der Waals surface area contributed by atoms with Gasteiger partial charge in [-0.15, -0.1) is 0 Å². The zero-order valence-electron chi connectivity index (χ0n) is 13.2. The van der Waals surface area contributed by atoms with Gasteiger partial charge in [-0.25, -0.2) is 10.4 Å². The highest BCUT2D eigenvalue weighted by Crippen LogP contribution is 2.23. The van der Waals surface area contributed by atoms with E-state index in [1.807, 2.05) is 42.5 Å². The number of carbonyl (C=O) groups excluding carboxylic acids is 1. The van der Waals surface area contributed by atoms with E-state index in [0.717, 1.165) is 15.6 Å². The van der Waals surface area contributed by atoms with Crippen LogP contribution in [0.1, 0.15) is 5.56 Å². The fraction of sp³-hybridized carbons (Fsp3) is 0.118. The van der Waals surface area contributed by atoms with E-state index in [0.29, 0.717) is 16.6 Å². The number of thioether (sulfide) groups is 1. The molecule has 0 spiro atoms. The molecule has 0 fully saturated rings. The van der Waals surface area contributed by atoms with Gasteiger partial charge in [0.15, 0.2) is 5.58 Å². The van der Waals surface area contributed by atoms with Gasteiger partial charge in [0.05, 0.1) is 19.1 Å². The van der Waals surface area contributed by atoms with Crippen molar-refractivity contribution in [2.45, 2.75) is 5.22 Å². The Balaban J connectivity index is 1.55. The van der Waals surface area contributed by atoms with E-state index >= 15 is 0 Å². The van der Waals surface area contributed by atoms with Crippen LogP contribution in [0.15, 0.2) is 61.7 Å². The van der Waals surface area contributed by atoms with Crippen LogP contribution in [0.3, 0.4) is 0 Å². The number of nitrogens with one attached hydrogen (secondary N) is 1. The SMILES string of the molecule is COc1ccc(Br)cc1/C=N/NC(=O)CSc1nc2ccccc2o1. The maximum atomic E-state index is 11.9. The smallest absolute Gasteiger partial charge is 0.257 e. The number of fused-ring (bicyclic) bond motifs is 1. The first-order valence-electron chi connectivity index (χ1n) is 7.29. The lowest BCUT2D eigenvalue weighted by Crippen LogP contribution is -2.19. The normalized spacial score (nSPS) is 11.1. The largest absolute Gasteiger partial charge is 0.496 e. The molecule has 0 bridgehead atoms. The molecule has 0 saturated carbocycles. The van der Waals surface area contributed by atoms with Crippen LogP contribution in [0.2, 0.25) is 0 Å². The topological polar surface area (TPSA) is 76.7 Å². The van der Waals surface area contributed by atoms with Gasteiger partial charge in [0.2, 0.25) is 0 Å². The average Bonchev–Trinajstić information content (AvgIpc) is 3.03. The highest BCUT2D eigenvalue weighted by atomic mass is 79.9. The summed E-state index contributed by atoms with van der Waals surface area (Å²) in [5.74, 6) is 0.569. The zero-order chi connectivity index (χ0) is 17.6. The quantitative estimate of drug-likeness (QED) is 0.373. The molecule has 0 aliphatic heterocycles. The minimum atomic E-state index is -0.252. The number of hydrogen-bond donors (Lipinski definition) is 1. The van der Waals surface area contributed by atoms with Gasteiger partial charge in [-0.1, -0.05) is 39.8 Å². The number of carbonyl (C=O) groups is 1. The first-order valence-corrected chi connectivity index (χ1v) is 9.07. The van der Waals surface area contributed by atoms with Gasteiger partial charge in [-0.05, 0) is 30.3 Å². The highest BCUT2D eigenvalue weighted by Gasteiger charge is 2.08. The lowest BCUT2D eigenvalue weighted by molar-refractivity contribution is -0.118. The highest BCUT2D eigenvalue weighted by molar-refractivity contribution is 9.10. The third-order valence-corrected chi connectivity index (χ3v) is 4.51. The van der Waals surface area contributed by atoms with E-state index in [-0.39, 0.29) is 11.7 Å². The summed E-state index contributed by atoms with van der Waals surface area (Å²) in [6, 6.07) is 13.0. The van der Waals surface area contributed by atoms with Gasteiger partial charge >= 0.3 is 0 Å². The number of rotatable bonds is 6. The molecule has 0 saturated heterocycles. The van der Waals surface area contributed by atoms with E-state index in [9.17, 15) is 4.79 Å². The van der Waals surface area contributed by atoms with Crippen LogP contribution >= 0.6 is 27.7 Å². The van der Waals surface area contributed by atoms with Crippen molar-refractivity contribution in [1.82, 2.24) is 10.4 Å². The van der Waals surface area contributed by atoms with Gasteiger partial charge in [0.1, 0.15) is 11.3 Å². The molecule has 0 aliphatic rings. The van der Waals surface area contributed by atoms with Gasteiger partial charge in [-0.3, -0.25) is 4.79 Å². The number of oxazole rings is 1. The molecule has 0 atom stereocenters. The van der Waals surface area contributed by atoms with Crippen LogP contribution < -0.4 is 10.2 Å². The second-order valence-electron chi connectivity index (χ2n) is 4.92. The summed E-state index contributed by atoms with van der Waals surface area (Å²) in [6.45, 7) is 0. The lowest BCUT2D eigenvalue weighted by Gasteiger charge is -2.04. The summed E-state index contributed by atoms with van der Waals surface area (Å²) in [4.78, 5) is 16.2. The molecule has 0 aliphatic carbocycles. The van der Waals surface area contributed by atoms with Crippen molar-refractivity contribution in [3.05, 3.63) is 52.5 Å². The summed E-state index contributed by atoms with van der Waals surface area (Å²) in [6.07, 6.45) is 1.53. The van der Waals surface area contributed by atoms with E-state index in [4.69, 9.17) is 9.15 Å². The molecule has 1 heterocycles. The summed E-state index contributed by atoms with van der Waals surface area (Å²) in [5, 5.41) is 4.41. The van der Waals surface area contributed by atoms with Crippen LogP contribution in [0, 0.1) is 0 Å². The van der Waals surface area contributed by atoms with Crippen molar-refractivity contribution < 1.29 is 13.9 Å². The Kier molecular flexibility index (Phi) is 5.72. The molecular weight excluding hydrogens is 406 g/mol. The number of hydrazone groups is 1. The summed E-state index contributed by atoms with van der Waals surface area (Å²) in [5.41, 5.74) is 4.70. The minimum absolute atomic E-state index is 0.153. The molecule has 1 N–H and O–H groups in total. The molecule has 1 amide bonds. The molecule has 6 nitrogen and oxygen atoms in total. The number of nitrogens with zero attached hydrogens (tertiary/aromatic N) is 2. The Bertz CT molecular complexity index is 893. The standard InChI is InChI=1S/C17H14BrN3O3S/c1-23-14-7-6-12(18)8-11(14)9-19-21-16(22)10-25-17-20-13-4-2-3-5-15(13)24-17/h2-9H,10H2,1H3,(H,21,22)/b19-9+. The minimum Gasteiger partial charge on any atom is -0.496 e. The van der Waals surface area contributed by atoms with Crippen LogP contribution in [0.5, 0.6) is 5.75 Å². The van der Waals surface area contributed by atoms with Crippen molar-refractivity contribution in [2.24, 2.45) is 5.10 Å². The lowest BCUT2D eigenvalue weighted by atomic mass is 10.2. The number of para-hydroxylation sites is 2. The van der Waals surface area contributed by atoms with Crippen molar-refractivity contribution in [3.8, 4) is 5.75 Å². The fourth-order valence-electron chi connectivity index (χ4n) is 2.05. The Hall–Kier alpha value is -2.32. The van der Waals surface area contributed by atoms with Crippen molar-refractivity contribution >= 4 is 50.9 Å². The maximum Gasteiger partial charge on any atom is 0.257 e. The fourth-order valence-corrected chi connectivity index (χ4v) is 3.06. The number of methoxy groups -OCH3 is 1. The second kappa shape index (κ2) is 8.17. The number of hydrogen-bond acceptors (Lipinski definition) is 6. The Morgan fingerprint density at radius 1 is 1.40 bits per heavy atom. The van der Waals surface area contributed by atoms with Gasteiger partial charge in [0.25, 0.3) is 11.1 Å². The molecule has 128 valence electrons. The molecule has 3 aromatic rings. The summed E-state index contributed by atoms with van der Waals surface area (Å²) >= 11 is 4.60. The third-order valence-electron chi connectivity index (χ3n) is 3.19. The first kappa shape index (κ1) is 17.5. The zero-order valence-corrected chi connectivity index (χ0v) is 15.6. The van der Waals surface area contributed by atoms with Crippen LogP contribution in [-0.4, -0.2) is 30.0 Å². The van der Waals surface area contributed by atoms with Crippen molar-refractivity contribution in [3.63, 3.8) is 0 Å². The van der Waals surface area contributed by atoms with Gasteiger partial charge < -0.3 is 9.15 Å². The Labute approximate surface area is 156 Å². The predicted octanol–water partition coefficient (Wildman–Crippen LogP) is 3.84. The van der Waals surface area contributed by atoms with E-state index in [1.54, 1.807) is 7.11 Å². The molecular formula is C17H14BrN3O3S. The van der Waals surface area contributed by atoms with E-state index in [1.165, 1.54) is 18.0 Å². The summed E-state index contributed by atoms with van der Waals surface area (Å²) in [7, 11) is 1.58. The number of aromatic nitrogens is 1. The predicted molar refractivity (Wildman–Crippen MR) is 101 cm³/mol. The van der Waals surface area contributed by atoms with Crippen LogP contribution in [0.25, 0.3) is 11.1 Å². The first-order chi connectivity index (χ1) is 12.2. The molecule has 2 aromatic carbocycles. The molecule has 3 rings (SSSR count). The van der Waals surface area contributed by atoms with Crippen molar-refractivity contribution in [2.75, 3.05) is 12.9 Å². The molecule has 8 heteroatoms. The number of ether oxygens (including phenoxy) is 1. The Morgan fingerprint density at radius 3 is 3.04 bits per heavy atom. The molecule has 0 radical (unpaired) electrons. The third kappa shape index (κ3) is 4.61. The molecule has 0 unspecified atom stereocenters. The number of benzene rings is 2. The van der Waals surface area contributed by atoms with E-state index in [2.05, 4.69) is 31.4 Å². The van der Waals surface area contributed by atoms with Gasteiger partial charge in [0, 0.05) is 10.0 Å². The second-order valence-corrected chi connectivity index (χ2v) is 6.76. The van der Waals surface area contributed by atoms with Gasteiger partial charge in [-0.2, -0.15) is 5.10 Å². The van der Waals surface area contributed by atoms with Crippen LogP contribution in [-0.2, 0) is 4.79 Å². The number of amides is 1. The molecule has 1 aromatic heterocycles. The monoisotopic (exact) mass is 419 g/mol. The van der Waals surface area contributed by atoms with Crippen LogP contribution in [0.4, 0.5) is 0 Å². The summed E-state index contributed by atoms with van der Waals surface area (Å²) < 4.78 is 11.7.